The van der Waals surface area contributed by atoms with Crippen molar-refractivity contribution in [1.29, 1.82) is 0 Å². The van der Waals surface area contributed by atoms with Crippen LogP contribution in [0.15, 0.2) is 72.1 Å². The highest BCUT2D eigenvalue weighted by molar-refractivity contribution is 8.00. The Morgan fingerprint density at radius 2 is 1.87 bits per heavy atom. The summed E-state index contributed by atoms with van der Waals surface area (Å²) in [5, 5.41) is 3.59. The number of nitrogens with one attached hydrogen (secondary N) is 1. The number of morpholine rings is 1. The maximum Gasteiger partial charge on any atom is 0.237 e. The number of benzene rings is 2. The van der Waals surface area contributed by atoms with Crippen molar-refractivity contribution in [3.63, 3.8) is 0 Å². The largest absolute Gasteiger partial charge is 0.378 e. The smallest absolute Gasteiger partial charge is 0.237 e. The topological polar surface area (TPSA) is 59.4 Å². The molecule has 1 N–H and O–H groups in total. The SMILES string of the molecule is C[C@H](Sc1nccn1Cc1ccccc1)C(=O)Nc1ccc(N2CCOCC2)cc1. The Hall–Kier alpha value is -2.77. The molecular formula is C23H26N4O2S. The summed E-state index contributed by atoms with van der Waals surface area (Å²) in [6.07, 6.45) is 3.73. The molecule has 7 heteroatoms. The molecule has 1 aromatic heterocycles. The minimum absolute atomic E-state index is 0.0339. The Bertz CT molecular complexity index is 953. The van der Waals surface area contributed by atoms with Crippen LogP contribution >= 0.6 is 11.8 Å². The van der Waals surface area contributed by atoms with Crippen LogP contribution in [0.3, 0.4) is 0 Å². The Balaban J connectivity index is 1.34. The number of thioether (sulfide) groups is 1. The molecule has 1 fully saturated rings. The zero-order chi connectivity index (χ0) is 20.8. The second-order valence-corrected chi connectivity index (χ2v) is 8.53. The Morgan fingerprint density at radius 3 is 2.60 bits per heavy atom. The van der Waals surface area contributed by atoms with Gasteiger partial charge in [-0.25, -0.2) is 4.98 Å². The van der Waals surface area contributed by atoms with Crippen LogP contribution in [0.5, 0.6) is 0 Å². The van der Waals surface area contributed by atoms with Crippen molar-refractivity contribution >= 4 is 29.0 Å². The summed E-state index contributed by atoms with van der Waals surface area (Å²) in [7, 11) is 0. The molecule has 2 heterocycles. The number of nitrogens with zero attached hydrogens (tertiary/aromatic N) is 3. The third-order valence-corrected chi connectivity index (χ3v) is 6.15. The van der Waals surface area contributed by atoms with Gasteiger partial charge in [0.1, 0.15) is 0 Å². The molecule has 1 aliphatic heterocycles. The summed E-state index contributed by atoms with van der Waals surface area (Å²) < 4.78 is 7.47. The predicted molar refractivity (Wildman–Crippen MR) is 121 cm³/mol. The van der Waals surface area contributed by atoms with E-state index in [0.717, 1.165) is 49.4 Å². The van der Waals surface area contributed by atoms with Gasteiger partial charge in [-0.15, -0.1) is 0 Å². The average Bonchev–Trinajstić information content (AvgIpc) is 3.22. The van der Waals surface area contributed by atoms with Crippen LogP contribution in [0.4, 0.5) is 11.4 Å². The van der Waals surface area contributed by atoms with E-state index >= 15 is 0 Å². The first-order chi connectivity index (χ1) is 14.7. The van der Waals surface area contributed by atoms with Crippen molar-refractivity contribution in [3.05, 3.63) is 72.6 Å². The van der Waals surface area contributed by atoms with Crippen molar-refractivity contribution in [3.8, 4) is 0 Å². The zero-order valence-electron chi connectivity index (χ0n) is 17.0. The molecule has 1 atom stereocenters. The van der Waals surface area contributed by atoms with Gasteiger partial charge in [0.15, 0.2) is 5.16 Å². The monoisotopic (exact) mass is 422 g/mol. The van der Waals surface area contributed by atoms with E-state index in [1.165, 1.54) is 17.3 Å². The molecule has 0 spiro atoms. The first-order valence-electron chi connectivity index (χ1n) is 10.1. The molecule has 30 heavy (non-hydrogen) atoms. The summed E-state index contributed by atoms with van der Waals surface area (Å²) in [4.78, 5) is 19.4. The Kier molecular flexibility index (Phi) is 6.71. The summed E-state index contributed by atoms with van der Waals surface area (Å²) in [6, 6.07) is 18.2. The number of hydrogen-bond acceptors (Lipinski definition) is 5. The molecule has 0 aliphatic carbocycles. The van der Waals surface area contributed by atoms with E-state index in [1.807, 2.05) is 55.6 Å². The molecule has 0 radical (unpaired) electrons. The lowest BCUT2D eigenvalue weighted by Crippen LogP contribution is -2.36. The van der Waals surface area contributed by atoms with Crippen LogP contribution in [0, 0.1) is 0 Å². The maximum atomic E-state index is 12.7. The molecule has 2 aromatic carbocycles. The highest BCUT2D eigenvalue weighted by Crippen LogP contribution is 2.24. The quantitative estimate of drug-likeness (QED) is 0.586. The van der Waals surface area contributed by atoms with Crippen molar-refractivity contribution in [2.75, 3.05) is 36.5 Å². The molecule has 0 saturated carbocycles. The van der Waals surface area contributed by atoms with Crippen molar-refractivity contribution in [1.82, 2.24) is 9.55 Å². The van der Waals surface area contributed by atoms with Crippen LogP contribution in [0.2, 0.25) is 0 Å². The molecule has 1 aliphatic rings. The van der Waals surface area contributed by atoms with Crippen LogP contribution in [-0.2, 0) is 16.1 Å². The van der Waals surface area contributed by atoms with Gasteiger partial charge < -0.3 is 19.5 Å². The molecule has 1 saturated heterocycles. The molecule has 6 nitrogen and oxygen atoms in total. The van der Waals surface area contributed by atoms with Crippen LogP contribution < -0.4 is 10.2 Å². The molecule has 0 unspecified atom stereocenters. The number of hydrogen-bond donors (Lipinski definition) is 1. The van der Waals surface area contributed by atoms with Gasteiger partial charge in [0, 0.05) is 43.4 Å². The number of carbonyl (C=O) groups excluding carboxylic acids is 1. The fourth-order valence-corrected chi connectivity index (χ4v) is 4.21. The van der Waals surface area contributed by atoms with E-state index in [2.05, 4.69) is 31.9 Å². The normalized spacial score (nSPS) is 15.0. The van der Waals surface area contributed by atoms with E-state index in [0.29, 0.717) is 0 Å². The van der Waals surface area contributed by atoms with Gasteiger partial charge in [0.2, 0.25) is 5.91 Å². The Morgan fingerprint density at radius 1 is 1.13 bits per heavy atom. The summed E-state index contributed by atoms with van der Waals surface area (Å²) in [5.74, 6) is -0.0339. The van der Waals surface area contributed by atoms with Gasteiger partial charge in [-0.3, -0.25) is 4.79 Å². The van der Waals surface area contributed by atoms with Crippen LogP contribution in [0.25, 0.3) is 0 Å². The van der Waals surface area contributed by atoms with Crippen molar-refractivity contribution in [2.45, 2.75) is 23.9 Å². The average molecular weight is 423 g/mol. The third kappa shape index (κ3) is 5.23. The summed E-state index contributed by atoms with van der Waals surface area (Å²) >= 11 is 1.47. The number of imidazole rings is 1. The number of anilines is 2. The predicted octanol–water partition coefficient (Wildman–Crippen LogP) is 3.89. The van der Waals surface area contributed by atoms with E-state index in [1.54, 1.807) is 6.20 Å². The van der Waals surface area contributed by atoms with E-state index < -0.39 is 0 Å². The number of amides is 1. The lowest BCUT2D eigenvalue weighted by molar-refractivity contribution is -0.115. The second kappa shape index (κ2) is 9.82. The van der Waals surface area contributed by atoms with E-state index in [4.69, 9.17) is 4.74 Å². The molecule has 156 valence electrons. The van der Waals surface area contributed by atoms with Gasteiger partial charge >= 0.3 is 0 Å². The molecular weight excluding hydrogens is 396 g/mol. The minimum Gasteiger partial charge on any atom is -0.378 e. The van der Waals surface area contributed by atoms with E-state index in [-0.39, 0.29) is 11.2 Å². The first-order valence-corrected chi connectivity index (χ1v) is 11.0. The fraction of sp³-hybridized carbons (Fsp3) is 0.304. The van der Waals surface area contributed by atoms with E-state index in [9.17, 15) is 4.79 Å². The molecule has 4 rings (SSSR count). The summed E-state index contributed by atoms with van der Waals surface area (Å²) in [5.41, 5.74) is 3.16. The lowest BCUT2D eigenvalue weighted by Gasteiger charge is -2.28. The van der Waals surface area contributed by atoms with Crippen molar-refractivity contribution < 1.29 is 9.53 Å². The minimum atomic E-state index is -0.263. The summed E-state index contributed by atoms with van der Waals surface area (Å²) in [6.45, 7) is 5.95. The number of aromatic nitrogens is 2. The number of carbonyl (C=O) groups is 1. The third-order valence-electron chi connectivity index (χ3n) is 5.04. The van der Waals surface area contributed by atoms with Crippen molar-refractivity contribution in [2.24, 2.45) is 0 Å². The van der Waals surface area contributed by atoms with Gasteiger partial charge in [0.05, 0.1) is 18.5 Å². The number of ether oxygens (including phenoxy) is 1. The highest BCUT2D eigenvalue weighted by atomic mass is 32.2. The standard InChI is InChI=1S/C23H26N4O2S/c1-18(30-23-24-11-12-27(23)17-19-5-3-2-4-6-19)22(28)25-20-7-9-21(10-8-20)26-13-15-29-16-14-26/h2-12,18H,13-17H2,1H3,(H,25,28)/t18-/m0/s1. The van der Waals surface area contributed by atoms with Gasteiger partial charge in [-0.05, 0) is 36.8 Å². The lowest BCUT2D eigenvalue weighted by atomic mass is 10.2. The fourth-order valence-electron chi connectivity index (χ4n) is 3.35. The molecule has 1 amide bonds. The maximum absolute atomic E-state index is 12.7. The van der Waals surface area contributed by atoms with Gasteiger partial charge in [-0.1, -0.05) is 42.1 Å². The molecule has 0 bridgehead atoms. The zero-order valence-corrected chi connectivity index (χ0v) is 17.8. The number of rotatable bonds is 7. The highest BCUT2D eigenvalue weighted by Gasteiger charge is 2.18. The Labute approximate surface area is 181 Å². The first kappa shape index (κ1) is 20.5. The van der Waals surface area contributed by atoms with Crippen LogP contribution in [-0.4, -0.2) is 47.0 Å². The van der Waals surface area contributed by atoms with Crippen LogP contribution in [0.1, 0.15) is 12.5 Å². The second-order valence-electron chi connectivity index (χ2n) is 7.22. The van der Waals surface area contributed by atoms with Gasteiger partial charge in [-0.2, -0.15) is 0 Å². The van der Waals surface area contributed by atoms with Gasteiger partial charge in [0.25, 0.3) is 0 Å². The molecule has 3 aromatic rings.